The van der Waals surface area contributed by atoms with Gasteiger partial charge >= 0.3 is 0 Å². The molecule has 19 heavy (non-hydrogen) atoms. The van der Waals surface area contributed by atoms with E-state index in [1.165, 1.54) is 9.80 Å². The number of rotatable bonds is 2. The lowest BCUT2D eigenvalue weighted by molar-refractivity contribution is 1.13. The van der Waals surface area contributed by atoms with Crippen LogP contribution in [0.25, 0.3) is 0 Å². The number of nitrogens with zero attached hydrogens (tertiary/aromatic N) is 1. The molecule has 1 unspecified atom stereocenters. The SMILES string of the molecule is C.CC.CC/C(C#N)=C1\SCC(c2ccccc2)S1. The van der Waals surface area contributed by atoms with E-state index in [0.29, 0.717) is 5.25 Å². The van der Waals surface area contributed by atoms with Gasteiger partial charge in [0.05, 0.1) is 10.3 Å². The first-order chi connectivity index (χ1) is 8.85. The van der Waals surface area contributed by atoms with E-state index in [-0.39, 0.29) is 7.43 Å². The fraction of sp³-hybridized carbons (Fsp3) is 0.438. The van der Waals surface area contributed by atoms with Crippen LogP contribution in [0, 0.1) is 11.3 Å². The van der Waals surface area contributed by atoms with Crippen molar-refractivity contribution >= 4 is 23.5 Å². The maximum absolute atomic E-state index is 9.01. The molecule has 1 aliphatic heterocycles. The number of nitriles is 1. The quantitative estimate of drug-likeness (QED) is 0.623. The topological polar surface area (TPSA) is 23.8 Å². The highest BCUT2D eigenvalue weighted by Crippen LogP contribution is 2.51. The van der Waals surface area contributed by atoms with Gasteiger partial charge in [0.25, 0.3) is 0 Å². The van der Waals surface area contributed by atoms with Gasteiger partial charge in [0.15, 0.2) is 0 Å². The summed E-state index contributed by atoms with van der Waals surface area (Å²) in [6, 6.07) is 12.8. The summed E-state index contributed by atoms with van der Waals surface area (Å²) in [5.41, 5.74) is 2.30. The minimum absolute atomic E-state index is 0. The maximum Gasteiger partial charge on any atom is 0.0964 e. The summed E-state index contributed by atoms with van der Waals surface area (Å²) < 4.78 is 1.22. The summed E-state index contributed by atoms with van der Waals surface area (Å²) in [4.78, 5) is 0. The summed E-state index contributed by atoms with van der Waals surface area (Å²) in [6.45, 7) is 6.04. The second kappa shape index (κ2) is 10.00. The third-order valence-electron chi connectivity index (χ3n) is 2.52. The first-order valence-electron chi connectivity index (χ1n) is 6.32. The first-order valence-corrected chi connectivity index (χ1v) is 8.19. The zero-order chi connectivity index (χ0) is 13.4. The van der Waals surface area contributed by atoms with Crippen molar-refractivity contribution in [3.8, 4) is 6.07 Å². The lowest BCUT2D eigenvalue weighted by Crippen LogP contribution is -1.90. The van der Waals surface area contributed by atoms with Crippen molar-refractivity contribution in [2.45, 2.75) is 39.9 Å². The Morgan fingerprint density at radius 1 is 1.32 bits per heavy atom. The molecular weight excluding hydrogens is 270 g/mol. The van der Waals surface area contributed by atoms with Crippen molar-refractivity contribution in [1.29, 1.82) is 5.26 Å². The van der Waals surface area contributed by atoms with E-state index in [4.69, 9.17) is 5.26 Å². The second-order valence-corrected chi connectivity index (χ2v) is 6.06. The molecule has 1 aliphatic rings. The van der Waals surface area contributed by atoms with Gasteiger partial charge in [0, 0.05) is 16.6 Å². The predicted molar refractivity (Wildman–Crippen MR) is 90.2 cm³/mol. The fourth-order valence-electron chi connectivity index (χ4n) is 1.61. The molecule has 0 N–H and O–H groups in total. The minimum atomic E-state index is 0. The molecule has 1 heterocycles. The van der Waals surface area contributed by atoms with Gasteiger partial charge in [0.2, 0.25) is 0 Å². The van der Waals surface area contributed by atoms with E-state index >= 15 is 0 Å². The molecule has 0 saturated carbocycles. The van der Waals surface area contributed by atoms with E-state index in [9.17, 15) is 0 Å². The Bertz CT molecular complexity index is 432. The molecular formula is C16H23NS2. The van der Waals surface area contributed by atoms with Crippen molar-refractivity contribution in [1.82, 2.24) is 0 Å². The summed E-state index contributed by atoms with van der Waals surface area (Å²) in [6.07, 6.45) is 0.841. The Morgan fingerprint density at radius 2 is 1.95 bits per heavy atom. The molecule has 0 bridgehead atoms. The van der Waals surface area contributed by atoms with Crippen LogP contribution in [0.5, 0.6) is 0 Å². The van der Waals surface area contributed by atoms with E-state index < -0.39 is 0 Å². The molecule has 1 aromatic carbocycles. The van der Waals surface area contributed by atoms with E-state index in [2.05, 4.69) is 30.3 Å². The highest BCUT2D eigenvalue weighted by molar-refractivity contribution is 8.25. The molecule has 1 fully saturated rings. The standard InChI is InChI=1S/C13H13NS2.C2H6.CH4/c1-2-10(8-14)13-15-9-12(16-13)11-6-4-3-5-7-11;1-2;/h3-7,12H,2,9H2,1H3;1-2H3;1H4/b13-10-;;. The molecule has 1 nitrogen and oxygen atoms in total. The zero-order valence-electron chi connectivity index (χ0n) is 11.1. The molecule has 0 spiro atoms. The summed E-state index contributed by atoms with van der Waals surface area (Å²) >= 11 is 3.66. The summed E-state index contributed by atoms with van der Waals surface area (Å²) in [5, 5.41) is 9.52. The van der Waals surface area contributed by atoms with Crippen LogP contribution < -0.4 is 0 Å². The van der Waals surface area contributed by atoms with E-state index in [0.717, 1.165) is 17.7 Å². The largest absolute Gasteiger partial charge is 0.193 e. The molecule has 3 heteroatoms. The number of allylic oxidation sites excluding steroid dienone is 1. The highest BCUT2D eigenvalue weighted by atomic mass is 32.2. The maximum atomic E-state index is 9.01. The van der Waals surface area contributed by atoms with Crippen molar-refractivity contribution in [3.05, 3.63) is 45.7 Å². The summed E-state index contributed by atoms with van der Waals surface area (Å²) in [5.74, 6) is 1.08. The molecule has 1 saturated heterocycles. The lowest BCUT2D eigenvalue weighted by Gasteiger charge is -2.06. The van der Waals surface area contributed by atoms with Gasteiger partial charge in [0.1, 0.15) is 0 Å². The molecule has 0 aliphatic carbocycles. The van der Waals surface area contributed by atoms with Gasteiger partial charge < -0.3 is 0 Å². The Balaban J connectivity index is 0.00000103. The van der Waals surface area contributed by atoms with Crippen LogP contribution in [0.2, 0.25) is 0 Å². The minimum Gasteiger partial charge on any atom is -0.193 e. The lowest BCUT2D eigenvalue weighted by atomic mass is 10.2. The normalized spacial score (nSPS) is 19.6. The van der Waals surface area contributed by atoms with E-state index in [1.807, 2.05) is 50.4 Å². The Kier molecular flexibility index (Phi) is 9.55. The van der Waals surface area contributed by atoms with Crippen LogP contribution in [-0.2, 0) is 0 Å². The number of hydrogen-bond donors (Lipinski definition) is 0. The Morgan fingerprint density at radius 3 is 2.47 bits per heavy atom. The molecule has 0 radical (unpaired) electrons. The molecule has 1 aromatic rings. The van der Waals surface area contributed by atoms with Crippen LogP contribution in [0.1, 0.15) is 45.4 Å². The number of hydrogen-bond acceptors (Lipinski definition) is 3. The highest BCUT2D eigenvalue weighted by Gasteiger charge is 2.24. The van der Waals surface area contributed by atoms with Crippen molar-refractivity contribution in [2.24, 2.45) is 0 Å². The van der Waals surface area contributed by atoms with Crippen molar-refractivity contribution < 1.29 is 0 Å². The van der Waals surface area contributed by atoms with Gasteiger partial charge in [-0.3, -0.25) is 0 Å². The Labute approximate surface area is 126 Å². The average molecular weight is 294 g/mol. The summed E-state index contributed by atoms with van der Waals surface area (Å²) in [7, 11) is 0. The van der Waals surface area contributed by atoms with Gasteiger partial charge in [-0.25, -0.2) is 0 Å². The monoisotopic (exact) mass is 293 g/mol. The average Bonchev–Trinajstić information content (AvgIpc) is 2.93. The van der Waals surface area contributed by atoms with Gasteiger partial charge in [-0.15, -0.1) is 23.5 Å². The van der Waals surface area contributed by atoms with Crippen LogP contribution in [0.15, 0.2) is 40.1 Å². The van der Waals surface area contributed by atoms with Crippen LogP contribution in [-0.4, -0.2) is 5.75 Å². The fourth-order valence-corrected chi connectivity index (χ4v) is 4.65. The zero-order valence-corrected chi connectivity index (χ0v) is 12.8. The number of thioether (sulfide) groups is 2. The molecule has 104 valence electrons. The Hall–Kier alpha value is -0.850. The first kappa shape index (κ1) is 18.1. The van der Waals surface area contributed by atoms with Crippen molar-refractivity contribution in [3.63, 3.8) is 0 Å². The number of benzene rings is 1. The van der Waals surface area contributed by atoms with Gasteiger partial charge in [-0.1, -0.05) is 58.5 Å². The smallest absolute Gasteiger partial charge is 0.0964 e. The second-order valence-electron chi connectivity index (χ2n) is 3.56. The van der Waals surface area contributed by atoms with Crippen molar-refractivity contribution in [2.75, 3.05) is 5.75 Å². The molecule has 2 rings (SSSR count). The van der Waals surface area contributed by atoms with Gasteiger partial charge in [-0.2, -0.15) is 5.26 Å². The third kappa shape index (κ3) is 4.97. The van der Waals surface area contributed by atoms with Crippen LogP contribution in [0.4, 0.5) is 0 Å². The van der Waals surface area contributed by atoms with E-state index in [1.54, 1.807) is 0 Å². The molecule has 0 amide bonds. The van der Waals surface area contributed by atoms with Crippen LogP contribution in [0.3, 0.4) is 0 Å². The third-order valence-corrected chi connectivity index (χ3v) is 5.57. The molecule has 1 atom stereocenters. The van der Waals surface area contributed by atoms with Gasteiger partial charge in [-0.05, 0) is 12.0 Å². The van der Waals surface area contributed by atoms with Crippen LogP contribution >= 0.6 is 23.5 Å². The molecule has 0 aromatic heterocycles. The predicted octanol–water partition coefficient (Wildman–Crippen LogP) is 6.02.